The quantitative estimate of drug-likeness (QED) is 0.763. The molecule has 0 aromatic rings. The van der Waals surface area contributed by atoms with Gasteiger partial charge in [0.1, 0.15) is 0 Å². The molecule has 0 saturated heterocycles. The third-order valence-electron chi connectivity index (χ3n) is 4.04. The molecule has 1 fully saturated rings. The van der Waals surface area contributed by atoms with Gasteiger partial charge in [0.15, 0.2) is 0 Å². The highest BCUT2D eigenvalue weighted by Crippen LogP contribution is 2.25. The summed E-state index contributed by atoms with van der Waals surface area (Å²) in [5, 5.41) is 9.06. The van der Waals surface area contributed by atoms with Gasteiger partial charge in [0, 0.05) is 19.1 Å². The molecular formula is C14H26N2O3. The molecule has 1 amide bonds. The van der Waals surface area contributed by atoms with Gasteiger partial charge in [0.05, 0.1) is 12.6 Å². The van der Waals surface area contributed by atoms with Gasteiger partial charge in [-0.15, -0.1) is 0 Å². The first kappa shape index (κ1) is 16.0. The summed E-state index contributed by atoms with van der Waals surface area (Å²) in [5.41, 5.74) is 0. The second-order valence-corrected chi connectivity index (χ2v) is 5.19. The van der Waals surface area contributed by atoms with Crippen molar-refractivity contribution in [3.05, 3.63) is 0 Å². The van der Waals surface area contributed by atoms with Crippen molar-refractivity contribution < 1.29 is 14.7 Å². The monoisotopic (exact) mass is 270 g/mol. The summed E-state index contributed by atoms with van der Waals surface area (Å²) in [4.78, 5) is 27.1. The lowest BCUT2D eigenvalue weighted by molar-refractivity contribution is -0.143. The zero-order valence-electron chi connectivity index (χ0n) is 12.3. The summed E-state index contributed by atoms with van der Waals surface area (Å²) < 4.78 is 0. The number of carbonyl (C=O) groups is 2. The van der Waals surface area contributed by atoms with E-state index in [0.717, 1.165) is 25.7 Å². The van der Waals surface area contributed by atoms with Gasteiger partial charge in [-0.25, -0.2) is 0 Å². The third-order valence-corrected chi connectivity index (χ3v) is 4.04. The van der Waals surface area contributed by atoms with Crippen molar-refractivity contribution >= 4 is 11.9 Å². The van der Waals surface area contributed by atoms with Crippen molar-refractivity contribution in [3.8, 4) is 0 Å². The highest BCUT2D eigenvalue weighted by molar-refractivity contribution is 5.82. The maximum Gasteiger partial charge on any atom is 0.317 e. The van der Waals surface area contributed by atoms with Gasteiger partial charge in [-0.05, 0) is 33.6 Å². The Kier molecular flexibility index (Phi) is 6.28. The maximum atomic E-state index is 12.4. The number of carboxylic acids is 1. The molecule has 110 valence electrons. The smallest absolute Gasteiger partial charge is 0.317 e. The molecule has 1 aliphatic rings. The van der Waals surface area contributed by atoms with Gasteiger partial charge in [-0.1, -0.05) is 12.8 Å². The Labute approximate surface area is 115 Å². The minimum Gasteiger partial charge on any atom is -0.480 e. The Morgan fingerprint density at radius 3 is 2.16 bits per heavy atom. The molecule has 1 saturated carbocycles. The van der Waals surface area contributed by atoms with E-state index >= 15 is 0 Å². The number of carbonyl (C=O) groups excluding carboxylic acids is 1. The number of aliphatic carboxylic acids is 1. The topological polar surface area (TPSA) is 60.9 Å². The first-order valence-corrected chi connectivity index (χ1v) is 7.27. The summed E-state index contributed by atoms with van der Waals surface area (Å²) in [6.07, 6.45) is 4.27. The van der Waals surface area contributed by atoms with Crippen LogP contribution in [0.4, 0.5) is 0 Å². The number of likely N-dealkylation sites (N-methyl/N-ethyl adjacent to an activating group) is 1. The van der Waals surface area contributed by atoms with Crippen LogP contribution in [0.2, 0.25) is 0 Å². The van der Waals surface area contributed by atoms with E-state index in [1.807, 2.05) is 25.7 Å². The average molecular weight is 270 g/mol. The van der Waals surface area contributed by atoms with E-state index in [0.29, 0.717) is 13.1 Å². The molecular weight excluding hydrogens is 244 g/mol. The van der Waals surface area contributed by atoms with Gasteiger partial charge in [-0.3, -0.25) is 14.5 Å². The zero-order valence-corrected chi connectivity index (χ0v) is 12.3. The Hall–Kier alpha value is -1.10. The number of hydrogen-bond donors (Lipinski definition) is 1. The highest BCUT2D eigenvalue weighted by Gasteiger charge is 2.32. The van der Waals surface area contributed by atoms with Crippen LogP contribution in [0, 0.1) is 0 Å². The molecule has 0 aromatic heterocycles. The zero-order chi connectivity index (χ0) is 14.4. The van der Waals surface area contributed by atoms with Crippen LogP contribution in [0.1, 0.15) is 46.5 Å². The van der Waals surface area contributed by atoms with Gasteiger partial charge in [0.25, 0.3) is 0 Å². The standard InChI is InChI=1S/C14H26N2O3/c1-4-15(5-2)14(19)11(3)16(10-13(17)18)12-8-6-7-9-12/h11-12H,4-10H2,1-3H3,(H,17,18). The van der Waals surface area contributed by atoms with Crippen LogP contribution < -0.4 is 0 Å². The molecule has 5 nitrogen and oxygen atoms in total. The predicted molar refractivity (Wildman–Crippen MR) is 74.0 cm³/mol. The molecule has 19 heavy (non-hydrogen) atoms. The number of rotatable bonds is 7. The highest BCUT2D eigenvalue weighted by atomic mass is 16.4. The van der Waals surface area contributed by atoms with Crippen LogP contribution in [0.15, 0.2) is 0 Å². The number of carboxylic acid groups (broad SMARTS) is 1. The Morgan fingerprint density at radius 2 is 1.74 bits per heavy atom. The molecule has 0 spiro atoms. The van der Waals surface area contributed by atoms with Crippen LogP contribution in [-0.4, -0.2) is 58.5 Å². The van der Waals surface area contributed by atoms with Crippen molar-refractivity contribution in [2.45, 2.75) is 58.5 Å². The maximum absolute atomic E-state index is 12.4. The minimum absolute atomic E-state index is 0.0400. The predicted octanol–water partition coefficient (Wildman–Crippen LogP) is 1.57. The number of hydrogen-bond acceptors (Lipinski definition) is 3. The summed E-state index contributed by atoms with van der Waals surface area (Å²) in [6.45, 7) is 7.04. The van der Waals surface area contributed by atoms with Gasteiger partial charge in [0.2, 0.25) is 5.91 Å². The van der Waals surface area contributed by atoms with Crippen LogP contribution in [0.25, 0.3) is 0 Å². The minimum atomic E-state index is -0.855. The SMILES string of the molecule is CCN(CC)C(=O)C(C)N(CC(=O)O)C1CCCC1. The summed E-state index contributed by atoms with van der Waals surface area (Å²) in [5.74, 6) is -0.816. The molecule has 0 aromatic carbocycles. The first-order chi connectivity index (χ1) is 9.01. The lowest BCUT2D eigenvalue weighted by Crippen LogP contribution is -2.52. The summed E-state index contributed by atoms with van der Waals surface area (Å²) in [7, 11) is 0. The summed E-state index contributed by atoms with van der Waals surface area (Å²) in [6, 6.07) is -0.107. The molecule has 1 rings (SSSR count). The number of amides is 1. The molecule has 0 bridgehead atoms. The molecule has 1 unspecified atom stereocenters. The largest absolute Gasteiger partial charge is 0.480 e. The van der Waals surface area contributed by atoms with Crippen molar-refractivity contribution in [2.24, 2.45) is 0 Å². The molecule has 1 atom stereocenters. The molecule has 5 heteroatoms. The van der Waals surface area contributed by atoms with E-state index < -0.39 is 5.97 Å². The fraction of sp³-hybridized carbons (Fsp3) is 0.857. The van der Waals surface area contributed by atoms with Crippen LogP contribution >= 0.6 is 0 Å². The molecule has 0 radical (unpaired) electrons. The molecule has 0 aliphatic heterocycles. The normalized spacial score (nSPS) is 17.7. The van der Waals surface area contributed by atoms with Crippen LogP contribution in [-0.2, 0) is 9.59 Å². The lowest BCUT2D eigenvalue weighted by atomic mass is 10.1. The lowest BCUT2D eigenvalue weighted by Gasteiger charge is -2.34. The average Bonchev–Trinajstić information content (AvgIpc) is 2.89. The van der Waals surface area contributed by atoms with Crippen LogP contribution in [0.3, 0.4) is 0 Å². The molecule has 1 aliphatic carbocycles. The van der Waals surface area contributed by atoms with Crippen molar-refractivity contribution in [2.75, 3.05) is 19.6 Å². The second-order valence-electron chi connectivity index (χ2n) is 5.19. The Bertz CT molecular complexity index is 310. The van der Waals surface area contributed by atoms with Gasteiger partial charge < -0.3 is 10.0 Å². The Morgan fingerprint density at radius 1 is 1.21 bits per heavy atom. The second kappa shape index (κ2) is 7.48. The number of nitrogens with zero attached hydrogens (tertiary/aromatic N) is 2. The Balaban J connectivity index is 2.77. The van der Waals surface area contributed by atoms with E-state index in [1.165, 1.54) is 0 Å². The van der Waals surface area contributed by atoms with Gasteiger partial charge >= 0.3 is 5.97 Å². The fourth-order valence-corrected chi connectivity index (χ4v) is 2.92. The van der Waals surface area contributed by atoms with Gasteiger partial charge in [-0.2, -0.15) is 0 Å². The third kappa shape index (κ3) is 4.20. The summed E-state index contributed by atoms with van der Waals surface area (Å²) >= 11 is 0. The molecule has 1 N–H and O–H groups in total. The first-order valence-electron chi connectivity index (χ1n) is 7.27. The van der Waals surface area contributed by atoms with E-state index in [4.69, 9.17) is 5.11 Å². The van der Waals surface area contributed by atoms with E-state index in [2.05, 4.69) is 0 Å². The van der Waals surface area contributed by atoms with Crippen molar-refractivity contribution in [3.63, 3.8) is 0 Å². The van der Waals surface area contributed by atoms with E-state index in [-0.39, 0.29) is 24.5 Å². The fourth-order valence-electron chi connectivity index (χ4n) is 2.92. The van der Waals surface area contributed by atoms with Crippen LogP contribution in [0.5, 0.6) is 0 Å². The van der Waals surface area contributed by atoms with E-state index in [1.54, 1.807) is 4.90 Å². The van der Waals surface area contributed by atoms with Crippen molar-refractivity contribution in [1.29, 1.82) is 0 Å². The molecule has 0 heterocycles. The van der Waals surface area contributed by atoms with E-state index in [9.17, 15) is 9.59 Å². The van der Waals surface area contributed by atoms with Crippen molar-refractivity contribution in [1.82, 2.24) is 9.80 Å².